The Morgan fingerprint density at radius 3 is 2.86 bits per heavy atom. The molecule has 3 aromatic rings. The summed E-state index contributed by atoms with van der Waals surface area (Å²) in [6.45, 7) is 4.18. The van der Waals surface area contributed by atoms with Gasteiger partial charge in [0.05, 0.1) is 17.6 Å². The molecule has 2 aromatic heterocycles. The smallest absolute Gasteiger partial charge is 0.160 e. The zero-order chi connectivity index (χ0) is 15.7. The number of imidazole rings is 1. The number of nitriles is 1. The summed E-state index contributed by atoms with van der Waals surface area (Å²) in [4.78, 5) is 8.96. The minimum atomic E-state index is -0.333. The second-order valence-corrected chi connectivity index (χ2v) is 5.41. The molecule has 0 N–H and O–H groups in total. The highest BCUT2D eigenvalue weighted by Crippen LogP contribution is 2.27. The Kier molecular flexibility index (Phi) is 3.60. The van der Waals surface area contributed by atoms with Crippen molar-refractivity contribution in [1.29, 1.82) is 5.26 Å². The van der Waals surface area contributed by atoms with E-state index < -0.39 is 0 Å². The number of halogens is 1. The van der Waals surface area contributed by atoms with Crippen LogP contribution in [-0.2, 0) is 6.54 Å². The molecule has 2 heterocycles. The summed E-state index contributed by atoms with van der Waals surface area (Å²) in [7, 11) is 0. The van der Waals surface area contributed by atoms with Crippen molar-refractivity contribution in [3.8, 4) is 17.5 Å². The minimum Gasteiger partial charge on any atom is -0.307 e. The summed E-state index contributed by atoms with van der Waals surface area (Å²) >= 11 is 0. The molecule has 0 spiro atoms. The highest BCUT2D eigenvalue weighted by Gasteiger charge is 2.18. The molecule has 0 fully saturated rings. The fraction of sp³-hybridized carbons (Fsp3) is 0.235. The molecule has 110 valence electrons. The van der Waals surface area contributed by atoms with Crippen molar-refractivity contribution >= 4 is 11.2 Å². The molecular formula is C17H15FN4. The molecule has 3 rings (SSSR count). The van der Waals surface area contributed by atoms with E-state index in [-0.39, 0.29) is 11.7 Å². The van der Waals surface area contributed by atoms with Gasteiger partial charge in [-0.15, -0.1) is 0 Å². The van der Waals surface area contributed by atoms with Crippen molar-refractivity contribution in [2.45, 2.75) is 20.4 Å². The van der Waals surface area contributed by atoms with E-state index in [9.17, 15) is 4.39 Å². The summed E-state index contributed by atoms with van der Waals surface area (Å²) in [5, 5.41) is 9.09. The number of hydrogen-bond acceptors (Lipinski definition) is 3. The molecule has 0 radical (unpaired) electrons. The van der Waals surface area contributed by atoms with Crippen LogP contribution in [-0.4, -0.2) is 14.5 Å². The first-order chi connectivity index (χ1) is 10.6. The molecule has 0 saturated carbocycles. The van der Waals surface area contributed by atoms with Gasteiger partial charge in [0.15, 0.2) is 5.65 Å². The van der Waals surface area contributed by atoms with Gasteiger partial charge in [-0.3, -0.25) is 0 Å². The number of fused-ring (bicyclic) bond motifs is 1. The lowest BCUT2D eigenvalue weighted by molar-refractivity contribution is 0.588. The summed E-state index contributed by atoms with van der Waals surface area (Å²) in [6, 6.07) is 10.6. The topological polar surface area (TPSA) is 54.5 Å². The number of pyridine rings is 1. The third-order valence-electron chi connectivity index (χ3n) is 3.51. The molecule has 0 amide bonds. The minimum absolute atomic E-state index is 0.217. The van der Waals surface area contributed by atoms with Gasteiger partial charge in [-0.25, -0.2) is 14.4 Å². The van der Waals surface area contributed by atoms with Gasteiger partial charge in [-0.05, 0) is 37.6 Å². The normalized spacial score (nSPS) is 12.3. The SMILES string of the molecule is Cc1cnc2c(c1)nc(-c1ccccc1F)n2CC(C)C#N. The van der Waals surface area contributed by atoms with Crippen molar-refractivity contribution in [2.24, 2.45) is 5.92 Å². The maximum absolute atomic E-state index is 14.1. The van der Waals surface area contributed by atoms with Crippen LogP contribution in [0.4, 0.5) is 4.39 Å². The van der Waals surface area contributed by atoms with E-state index in [2.05, 4.69) is 16.0 Å². The monoisotopic (exact) mass is 294 g/mol. The molecular weight excluding hydrogens is 279 g/mol. The van der Waals surface area contributed by atoms with Crippen LogP contribution in [0, 0.1) is 30.0 Å². The van der Waals surface area contributed by atoms with Crippen molar-refractivity contribution in [1.82, 2.24) is 14.5 Å². The first kappa shape index (κ1) is 14.2. The van der Waals surface area contributed by atoms with E-state index in [1.165, 1.54) is 6.07 Å². The first-order valence-electron chi connectivity index (χ1n) is 7.07. The predicted octanol–water partition coefficient (Wildman–Crippen LogP) is 3.71. The molecule has 0 aliphatic carbocycles. The fourth-order valence-electron chi connectivity index (χ4n) is 2.45. The van der Waals surface area contributed by atoms with Crippen LogP contribution in [0.5, 0.6) is 0 Å². The first-order valence-corrected chi connectivity index (χ1v) is 7.07. The largest absolute Gasteiger partial charge is 0.307 e. The summed E-state index contributed by atoms with van der Waals surface area (Å²) in [6.07, 6.45) is 1.75. The predicted molar refractivity (Wildman–Crippen MR) is 82.4 cm³/mol. The van der Waals surface area contributed by atoms with Crippen molar-refractivity contribution < 1.29 is 4.39 Å². The number of nitrogens with zero attached hydrogens (tertiary/aromatic N) is 4. The van der Waals surface area contributed by atoms with E-state index in [4.69, 9.17) is 5.26 Å². The van der Waals surface area contributed by atoms with E-state index in [1.54, 1.807) is 24.4 Å². The van der Waals surface area contributed by atoms with Crippen LogP contribution in [0.25, 0.3) is 22.6 Å². The molecule has 1 aromatic carbocycles. The molecule has 0 aliphatic rings. The Morgan fingerprint density at radius 2 is 2.14 bits per heavy atom. The quantitative estimate of drug-likeness (QED) is 0.740. The van der Waals surface area contributed by atoms with Gasteiger partial charge < -0.3 is 4.57 Å². The molecule has 0 aliphatic heterocycles. The molecule has 22 heavy (non-hydrogen) atoms. The lowest BCUT2D eigenvalue weighted by Crippen LogP contribution is -2.08. The van der Waals surface area contributed by atoms with Gasteiger partial charge in [0.1, 0.15) is 17.2 Å². The van der Waals surface area contributed by atoms with Crippen molar-refractivity contribution in [3.63, 3.8) is 0 Å². The van der Waals surface area contributed by atoms with Gasteiger partial charge in [0.25, 0.3) is 0 Å². The van der Waals surface area contributed by atoms with Gasteiger partial charge in [-0.2, -0.15) is 5.26 Å². The van der Waals surface area contributed by atoms with Gasteiger partial charge in [0, 0.05) is 12.7 Å². The van der Waals surface area contributed by atoms with Crippen LogP contribution >= 0.6 is 0 Å². The number of rotatable bonds is 3. The van der Waals surface area contributed by atoms with Crippen LogP contribution < -0.4 is 0 Å². The van der Waals surface area contributed by atoms with E-state index >= 15 is 0 Å². The summed E-state index contributed by atoms with van der Waals surface area (Å²) in [5.74, 6) is -0.0419. The average molecular weight is 294 g/mol. The van der Waals surface area contributed by atoms with Gasteiger partial charge in [0.2, 0.25) is 0 Å². The maximum atomic E-state index is 14.1. The van der Waals surface area contributed by atoms with Crippen molar-refractivity contribution in [3.05, 3.63) is 47.9 Å². The highest BCUT2D eigenvalue weighted by molar-refractivity contribution is 5.77. The van der Waals surface area contributed by atoms with E-state index in [0.717, 1.165) is 5.56 Å². The van der Waals surface area contributed by atoms with Crippen LogP contribution in [0.15, 0.2) is 36.5 Å². The Morgan fingerprint density at radius 1 is 1.36 bits per heavy atom. The standard InChI is InChI=1S/C17H15FN4/c1-11-7-15-17(20-9-11)22(10-12(2)8-19)16(21-15)13-5-3-4-6-14(13)18/h3-7,9,12H,10H2,1-2H3. The third-order valence-corrected chi connectivity index (χ3v) is 3.51. The van der Waals surface area contributed by atoms with Crippen LogP contribution in [0.2, 0.25) is 0 Å². The Bertz CT molecular complexity index is 876. The number of benzene rings is 1. The van der Waals surface area contributed by atoms with E-state index in [0.29, 0.717) is 29.1 Å². The molecule has 1 unspecified atom stereocenters. The number of hydrogen-bond donors (Lipinski definition) is 0. The van der Waals surface area contributed by atoms with Gasteiger partial charge >= 0.3 is 0 Å². The second kappa shape index (κ2) is 5.57. The van der Waals surface area contributed by atoms with Crippen LogP contribution in [0.3, 0.4) is 0 Å². The molecule has 4 nitrogen and oxygen atoms in total. The summed E-state index contributed by atoms with van der Waals surface area (Å²) < 4.78 is 16.0. The zero-order valence-electron chi connectivity index (χ0n) is 12.4. The fourth-order valence-corrected chi connectivity index (χ4v) is 2.45. The van der Waals surface area contributed by atoms with E-state index in [1.807, 2.05) is 24.5 Å². The number of aryl methyl sites for hydroxylation is 1. The van der Waals surface area contributed by atoms with Gasteiger partial charge in [-0.1, -0.05) is 12.1 Å². The van der Waals surface area contributed by atoms with Crippen molar-refractivity contribution in [2.75, 3.05) is 0 Å². The molecule has 0 bridgehead atoms. The highest BCUT2D eigenvalue weighted by atomic mass is 19.1. The maximum Gasteiger partial charge on any atom is 0.160 e. The zero-order valence-corrected chi connectivity index (χ0v) is 12.4. The molecule has 5 heteroatoms. The molecule has 0 saturated heterocycles. The Hall–Kier alpha value is -2.74. The summed E-state index contributed by atoms with van der Waals surface area (Å²) in [5.41, 5.74) is 2.79. The van der Waals surface area contributed by atoms with Crippen LogP contribution in [0.1, 0.15) is 12.5 Å². The average Bonchev–Trinajstić information content (AvgIpc) is 2.85. The lowest BCUT2D eigenvalue weighted by atomic mass is 10.1. The Balaban J connectivity index is 2.26. The third kappa shape index (κ3) is 2.44. The molecule has 1 atom stereocenters. The number of aromatic nitrogens is 3. The Labute approximate surface area is 127 Å². The second-order valence-electron chi connectivity index (χ2n) is 5.41. The lowest BCUT2D eigenvalue weighted by Gasteiger charge is -2.10.